The molecule has 1 rings (SSSR count). The van der Waals surface area contributed by atoms with Crippen LogP contribution in [-0.2, 0) is 11.2 Å². The van der Waals surface area contributed by atoms with Crippen LogP contribution in [0.5, 0.6) is 0 Å². The second-order valence-electron chi connectivity index (χ2n) is 3.41. The number of thiophene rings is 1. The molecule has 0 saturated heterocycles. The van der Waals surface area contributed by atoms with E-state index < -0.39 is 0 Å². The normalized spacial score (nSPS) is 11.4. The molecule has 2 nitrogen and oxygen atoms in total. The van der Waals surface area contributed by atoms with Gasteiger partial charge in [-0.05, 0) is 31.5 Å². The molecule has 0 unspecified atom stereocenters. The molecular formula is C12H18ClNOS. The third kappa shape index (κ3) is 6.28. The number of hydrogen-bond acceptors (Lipinski definition) is 3. The molecule has 0 aliphatic carbocycles. The van der Waals surface area contributed by atoms with E-state index in [1.54, 1.807) is 18.4 Å². The highest BCUT2D eigenvalue weighted by Gasteiger charge is 1.94. The van der Waals surface area contributed by atoms with Crippen LogP contribution in [0.25, 0.3) is 0 Å². The van der Waals surface area contributed by atoms with Crippen LogP contribution in [0.1, 0.15) is 11.3 Å². The summed E-state index contributed by atoms with van der Waals surface area (Å²) in [6, 6.07) is 4.02. The lowest BCUT2D eigenvalue weighted by molar-refractivity contribution is 0.199. The first kappa shape index (κ1) is 13.7. The average Bonchev–Trinajstić information content (AvgIpc) is 2.68. The molecule has 1 aromatic rings. The fourth-order valence-electron chi connectivity index (χ4n) is 1.26. The van der Waals surface area contributed by atoms with Gasteiger partial charge < -0.3 is 10.1 Å². The van der Waals surface area contributed by atoms with E-state index in [1.165, 1.54) is 4.88 Å². The van der Waals surface area contributed by atoms with Crippen molar-refractivity contribution in [1.82, 2.24) is 5.32 Å². The SMILES string of the molecule is COCCNCCC=CCc1ccc(Cl)s1. The highest BCUT2D eigenvalue weighted by Crippen LogP contribution is 2.21. The van der Waals surface area contributed by atoms with Crippen LogP contribution < -0.4 is 5.32 Å². The molecule has 16 heavy (non-hydrogen) atoms. The third-order valence-electron chi connectivity index (χ3n) is 2.09. The monoisotopic (exact) mass is 259 g/mol. The van der Waals surface area contributed by atoms with Gasteiger partial charge in [-0.15, -0.1) is 11.3 Å². The number of methoxy groups -OCH3 is 1. The topological polar surface area (TPSA) is 21.3 Å². The molecule has 0 radical (unpaired) electrons. The maximum atomic E-state index is 5.84. The van der Waals surface area contributed by atoms with Crippen LogP contribution in [0.3, 0.4) is 0 Å². The molecule has 0 saturated carbocycles. The highest BCUT2D eigenvalue weighted by molar-refractivity contribution is 7.16. The smallest absolute Gasteiger partial charge is 0.0931 e. The average molecular weight is 260 g/mol. The molecular weight excluding hydrogens is 242 g/mol. The van der Waals surface area contributed by atoms with Gasteiger partial charge in [0.2, 0.25) is 0 Å². The largest absolute Gasteiger partial charge is 0.383 e. The number of allylic oxidation sites excluding steroid dienone is 1. The van der Waals surface area contributed by atoms with Gasteiger partial charge in [-0.3, -0.25) is 0 Å². The van der Waals surface area contributed by atoms with Gasteiger partial charge in [0.25, 0.3) is 0 Å². The Bertz CT molecular complexity index is 312. The first-order valence-electron chi connectivity index (χ1n) is 5.42. The first-order valence-corrected chi connectivity index (χ1v) is 6.61. The van der Waals surface area contributed by atoms with Crippen LogP contribution in [0, 0.1) is 0 Å². The predicted molar refractivity (Wildman–Crippen MR) is 71.5 cm³/mol. The molecule has 0 aromatic carbocycles. The number of nitrogens with one attached hydrogen (secondary N) is 1. The summed E-state index contributed by atoms with van der Waals surface area (Å²) >= 11 is 7.49. The van der Waals surface area contributed by atoms with Crippen molar-refractivity contribution in [2.24, 2.45) is 0 Å². The Morgan fingerprint density at radius 2 is 2.25 bits per heavy atom. The maximum Gasteiger partial charge on any atom is 0.0931 e. The van der Waals surface area contributed by atoms with E-state index in [0.717, 1.165) is 36.9 Å². The zero-order valence-corrected chi connectivity index (χ0v) is 11.1. The molecule has 1 N–H and O–H groups in total. The Morgan fingerprint density at radius 1 is 1.38 bits per heavy atom. The van der Waals surface area contributed by atoms with Crippen molar-refractivity contribution in [3.63, 3.8) is 0 Å². The summed E-state index contributed by atoms with van der Waals surface area (Å²) in [5, 5.41) is 3.29. The van der Waals surface area contributed by atoms with E-state index in [9.17, 15) is 0 Å². The number of rotatable bonds is 8. The fraction of sp³-hybridized carbons (Fsp3) is 0.500. The second kappa shape index (κ2) is 8.76. The standard InChI is InChI=1S/C12H18ClNOS/c1-15-10-9-14-8-4-2-3-5-11-6-7-12(13)16-11/h2-3,6-7,14H,4-5,8-10H2,1H3. The van der Waals surface area contributed by atoms with E-state index >= 15 is 0 Å². The molecule has 1 heterocycles. The van der Waals surface area contributed by atoms with E-state index in [2.05, 4.69) is 23.5 Å². The van der Waals surface area contributed by atoms with Gasteiger partial charge in [0, 0.05) is 18.5 Å². The van der Waals surface area contributed by atoms with Crippen LogP contribution in [-0.4, -0.2) is 26.8 Å². The van der Waals surface area contributed by atoms with Crippen molar-refractivity contribution in [2.45, 2.75) is 12.8 Å². The summed E-state index contributed by atoms with van der Waals surface area (Å²) in [7, 11) is 1.72. The third-order valence-corrected chi connectivity index (χ3v) is 3.34. The van der Waals surface area contributed by atoms with Crippen molar-refractivity contribution in [2.75, 3.05) is 26.8 Å². The lowest BCUT2D eigenvalue weighted by Gasteiger charge is -2.00. The Labute approximate surface area is 106 Å². The lowest BCUT2D eigenvalue weighted by atomic mass is 10.3. The van der Waals surface area contributed by atoms with Crippen molar-refractivity contribution < 1.29 is 4.74 Å². The fourth-order valence-corrected chi connectivity index (χ4v) is 2.33. The predicted octanol–water partition coefficient (Wildman–Crippen LogP) is 3.13. The van der Waals surface area contributed by atoms with Crippen LogP contribution in [0.15, 0.2) is 24.3 Å². The van der Waals surface area contributed by atoms with Gasteiger partial charge in [-0.2, -0.15) is 0 Å². The van der Waals surface area contributed by atoms with Gasteiger partial charge in [0.1, 0.15) is 0 Å². The molecule has 0 fully saturated rings. The van der Waals surface area contributed by atoms with Gasteiger partial charge in [-0.1, -0.05) is 23.8 Å². The summed E-state index contributed by atoms with van der Waals surface area (Å²) < 4.78 is 5.80. The van der Waals surface area contributed by atoms with Gasteiger partial charge in [0.15, 0.2) is 0 Å². The molecule has 0 spiro atoms. The van der Waals surface area contributed by atoms with Crippen molar-refractivity contribution >= 4 is 22.9 Å². The highest BCUT2D eigenvalue weighted by atomic mass is 35.5. The minimum Gasteiger partial charge on any atom is -0.383 e. The Kier molecular flexibility index (Phi) is 7.51. The Balaban J connectivity index is 2.00. The summed E-state index contributed by atoms with van der Waals surface area (Å²) in [5.74, 6) is 0. The summed E-state index contributed by atoms with van der Waals surface area (Å²) in [6.45, 7) is 2.70. The minimum absolute atomic E-state index is 0.775. The van der Waals surface area contributed by atoms with Crippen LogP contribution in [0.4, 0.5) is 0 Å². The van der Waals surface area contributed by atoms with E-state index in [0.29, 0.717) is 0 Å². The lowest BCUT2D eigenvalue weighted by Crippen LogP contribution is -2.19. The van der Waals surface area contributed by atoms with E-state index in [4.69, 9.17) is 16.3 Å². The molecule has 1 aromatic heterocycles. The number of ether oxygens (including phenoxy) is 1. The summed E-state index contributed by atoms with van der Waals surface area (Å²) in [5.41, 5.74) is 0. The first-order chi connectivity index (χ1) is 7.83. The molecule has 0 aliphatic rings. The zero-order valence-electron chi connectivity index (χ0n) is 9.54. The quantitative estimate of drug-likeness (QED) is 0.572. The summed E-state index contributed by atoms with van der Waals surface area (Å²) in [6.07, 6.45) is 6.44. The van der Waals surface area contributed by atoms with Crippen molar-refractivity contribution in [3.05, 3.63) is 33.5 Å². The number of halogens is 1. The molecule has 90 valence electrons. The van der Waals surface area contributed by atoms with E-state index in [1.807, 2.05) is 6.07 Å². The van der Waals surface area contributed by atoms with Gasteiger partial charge >= 0.3 is 0 Å². The second-order valence-corrected chi connectivity index (χ2v) is 5.21. The number of hydrogen-bond donors (Lipinski definition) is 1. The van der Waals surface area contributed by atoms with Gasteiger partial charge in [-0.25, -0.2) is 0 Å². The van der Waals surface area contributed by atoms with Crippen molar-refractivity contribution in [1.29, 1.82) is 0 Å². The molecule has 0 amide bonds. The molecule has 0 aliphatic heterocycles. The van der Waals surface area contributed by atoms with E-state index in [-0.39, 0.29) is 0 Å². The minimum atomic E-state index is 0.775. The molecule has 4 heteroatoms. The Morgan fingerprint density at radius 3 is 2.94 bits per heavy atom. The molecule has 0 atom stereocenters. The van der Waals surface area contributed by atoms with Crippen molar-refractivity contribution in [3.8, 4) is 0 Å². The van der Waals surface area contributed by atoms with Crippen LogP contribution in [0.2, 0.25) is 4.34 Å². The van der Waals surface area contributed by atoms with Gasteiger partial charge in [0.05, 0.1) is 10.9 Å². The zero-order chi connectivity index (χ0) is 11.6. The summed E-state index contributed by atoms with van der Waals surface area (Å²) in [4.78, 5) is 1.31. The Hall–Kier alpha value is -0.350. The maximum absolute atomic E-state index is 5.84. The van der Waals surface area contributed by atoms with Crippen LogP contribution >= 0.6 is 22.9 Å². The molecule has 0 bridgehead atoms.